The average molecular weight is 304 g/mol. The lowest BCUT2D eigenvalue weighted by molar-refractivity contribution is 0.176. The SMILES string of the molecule is CC#CCOC(=O)Nc1cnn(CCc2scnc2C)c1. The Kier molecular flexibility index (Phi) is 5.35. The minimum absolute atomic E-state index is 0.0844. The highest BCUT2D eigenvalue weighted by Crippen LogP contribution is 2.14. The molecule has 0 aliphatic heterocycles. The number of thiazole rings is 1. The zero-order valence-electron chi connectivity index (χ0n) is 11.9. The number of nitrogens with zero attached hydrogens (tertiary/aromatic N) is 3. The minimum Gasteiger partial charge on any atom is -0.436 e. The largest absolute Gasteiger partial charge is 0.436 e. The molecule has 2 rings (SSSR count). The lowest BCUT2D eigenvalue weighted by Gasteiger charge is -2.02. The maximum absolute atomic E-state index is 11.4. The third-order valence-corrected chi connectivity index (χ3v) is 3.74. The standard InChI is InChI=1S/C14H16N4O2S/c1-3-4-7-20-14(19)17-12-8-16-18(9-12)6-5-13-11(2)15-10-21-13/h8-10H,5-7H2,1-2H3,(H,17,19). The fourth-order valence-electron chi connectivity index (χ4n) is 1.66. The molecule has 110 valence electrons. The summed E-state index contributed by atoms with van der Waals surface area (Å²) >= 11 is 1.64. The van der Waals surface area contributed by atoms with E-state index < -0.39 is 6.09 Å². The fraction of sp³-hybridized carbons (Fsp3) is 0.357. The van der Waals surface area contributed by atoms with Crippen LogP contribution in [0.25, 0.3) is 0 Å². The topological polar surface area (TPSA) is 69.0 Å². The van der Waals surface area contributed by atoms with Gasteiger partial charge in [-0.3, -0.25) is 10.00 Å². The highest BCUT2D eigenvalue weighted by atomic mass is 32.1. The van der Waals surface area contributed by atoms with Crippen molar-refractivity contribution in [3.63, 3.8) is 0 Å². The maximum Gasteiger partial charge on any atom is 0.412 e. The van der Waals surface area contributed by atoms with Gasteiger partial charge in [0.05, 0.1) is 23.1 Å². The van der Waals surface area contributed by atoms with E-state index in [1.165, 1.54) is 4.88 Å². The molecule has 7 heteroatoms. The number of amides is 1. The van der Waals surface area contributed by atoms with Gasteiger partial charge in [-0.25, -0.2) is 9.78 Å². The zero-order chi connectivity index (χ0) is 15.1. The molecule has 2 heterocycles. The quantitative estimate of drug-likeness (QED) is 0.862. The van der Waals surface area contributed by atoms with Crippen molar-refractivity contribution in [2.24, 2.45) is 0 Å². The number of carbonyl (C=O) groups is 1. The van der Waals surface area contributed by atoms with Crippen molar-refractivity contribution < 1.29 is 9.53 Å². The molecule has 0 bridgehead atoms. The normalized spacial score (nSPS) is 9.81. The van der Waals surface area contributed by atoms with Crippen molar-refractivity contribution in [1.82, 2.24) is 14.8 Å². The molecule has 6 nitrogen and oxygen atoms in total. The first-order chi connectivity index (χ1) is 10.2. The van der Waals surface area contributed by atoms with E-state index in [-0.39, 0.29) is 6.61 Å². The van der Waals surface area contributed by atoms with E-state index in [1.807, 2.05) is 12.4 Å². The molecule has 0 aromatic carbocycles. The fourth-order valence-corrected chi connectivity index (χ4v) is 2.43. The van der Waals surface area contributed by atoms with E-state index in [9.17, 15) is 4.79 Å². The van der Waals surface area contributed by atoms with Gasteiger partial charge in [-0.15, -0.1) is 17.3 Å². The Morgan fingerprint density at radius 2 is 2.43 bits per heavy atom. The Morgan fingerprint density at radius 1 is 1.57 bits per heavy atom. The van der Waals surface area contributed by atoms with E-state index in [0.29, 0.717) is 5.69 Å². The summed E-state index contributed by atoms with van der Waals surface area (Å²) < 4.78 is 6.64. The van der Waals surface area contributed by atoms with Crippen LogP contribution in [0.15, 0.2) is 17.9 Å². The van der Waals surface area contributed by atoms with Crippen molar-refractivity contribution >= 4 is 23.1 Å². The van der Waals surface area contributed by atoms with Gasteiger partial charge in [0.1, 0.15) is 0 Å². The monoisotopic (exact) mass is 304 g/mol. The van der Waals surface area contributed by atoms with E-state index >= 15 is 0 Å². The van der Waals surface area contributed by atoms with Gasteiger partial charge in [0, 0.05) is 24.0 Å². The Morgan fingerprint density at radius 3 is 3.14 bits per heavy atom. The molecule has 0 atom stereocenters. The summed E-state index contributed by atoms with van der Waals surface area (Å²) in [6, 6.07) is 0. The minimum atomic E-state index is -0.532. The summed E-state index contributed by atoms with van der Waals surface area (Å²) in [6.07, 6.45) is 3.69. The summed E-state index contributed by atoms with van der Waals surface area (Å²) in [5.41, 5.74) is 3.51. The molecule has 2 aromatic heterocycles. The average Bonchev–Trinajstić information content (AvgIpc) is 3.06. The Hall–Kier alpha value is -2.33. The van der Waals surface area contributed by atoms with Crippen LogP contribution in [0.4, 0.5) is 10.5 Å². The van der Waals surface area contributed by atoms with Gasteiger partial charge in [-0.1, -0.05) is 5.92 Å². The van der Waals surface area contributed by atoms with Crippen LogP contribution >= 0.6 is 11.3 Å². The summed E-state index contributed by atoms with van der Waals surface area (Å²) in [5.74, 6) is 5.30. The van der Waals surface area contributed by atoms with Crippen LogP contribution in [-0.2, 0) is 17.7 Å². The molecule has 0 saturated carbocycles. The molecule has 21 heavy (non-hydrogen) atoms. The lowest BCUT2D eigenvalue weighted by atomic mass is 10.3. The number of hydrogen-bond acceptors (Lipinski definition) is 5. The third kappa shape index (κ3) is 4.61. The number of aromatic nitrogens is 3. The first-order valence-electron chi connectivity index (χ1n) is 6.44. The van der Waals surface area contributed by atoms with Crippen molar-refractivity contribution in [2.75, 3.05) is 11.9 Å². The number of nitrogens with one attached hydrogen (secondary N) is 1. The summed E-state index contributed by atoms with van der Waals surface area (Å²) in [4.78, 5) is 16.9. The zero-order valence-corrected chi connectivity index (χ0v) is 12.7. The first kappa shape index (κ1) is 15.1. The number of ether oxygens (including phenoxy) is 1. The molecule has 1 N–H and O–H groups in total. The van der Waals surface area contributed by atoms with E-state index in [1.54, 1.807) is 35.3 Å². The Labute approximate surface area is 127 Å². The van der Waals surface area contributed by atoms with Crippen molar-refractivity contribution in [2.45, 2.75) is 26.8 Å². The van der Waals surface area contributed by atoms with E-state index in [2.05, 4.69) is 27.2 Å². The lowest BCUT2D eigenvalue weighted by Crippen LogP contribution is -2.13. The van der Waals surface area contributed by atoms with Crippen LogP contribution in [0.1, 0.15) is 17.5 Å². The molecule has 0 saturated heterocycles. The van der Waals surface area contributed by atoms with Gasteiger partial charge in [-0.2, -0.15) is 5.10 Å². The smallest absolute Gasteiger partial charge is 0.412 e. The number of aryl methyl sites for hydroxylation is 3. The van der Waals surface area contributed by atoms with Crippen LogP contribution in [0.5, 0.6) is 0 Å². The maximum atomic E-state index is 11.4. The molecule has 0 aliphatic carbocycles. The molecule has 0 unspecified atom stereocenters. The van der Waals surface area contributed by atoms with Crippen LogP contribution in [0.3, 0.4) is 0 Å². The Balaban J connectivity index is 1.82. The molecule has 0 radical (unpaired) electrons. The van der Waals surface area contributed by atoms with Crippen LogP contribution in [-0.4, -0.2) is 27.5 Å². The summed E-state index contributed by atoms with van der Waals surface area (Å²) in [6.45, 7) is 4.51. The second-order valence-electron chi connectivity index (χ2n) is 4.23. The number of rotatable bonds is 5. The molecule has 0 aliphatic rings. The predicted molar refractivity (Wildman–Crippen MR) is 81.2 cm³/mol. The molecule has 1 amide bonds. The molecular formula is C14H16N4O2S. The van der Waals surface area contributed by atoms with Gasteiger partial charge >= 0.3 is 6.09 Å². The third-order valence-electron chi connectivity index (χ3n) is 2.74. The second-order valence-corrected chi connectivity index (χ2v) is 5.17. The van der Waals surface area contributed by atoms with Gasteiger partial charge in [0.25, 0.3) is 0 Å². The van der Waals surface area contributed by atoms with Crippen LogP contribution in [0, 0.1) is 18.8 Å². The number of anilines is 1. The van der Waals surface area contributed by atoms with Gasteiger partial charge in [-0.05, 0) is 13.8 Å². The van der Waals surface area contributed by atoms with Gasteiger partial charge in [0.2, 0.25) is 0 Å². The highest BCUT2D eigenvalue weighted by molar-refractivity contribution is 7.09. The predicted octanol–water partition coefficient (Wildman–Crippen LogP) is 2.46. The van der Waals surface area contributed by atoms with Crippen molar-refractivity contribution in [3.8, 4) is 11.8 Å². The molecule has 0 spiro atoms. The second kappa shape index (κ2) is 7.45. The number of hydrogen-bond donors (Lipinski definition) is 1. The van der Waals surface area contributed by atoms with Crippen molar-refractivity contribution in [1.29, 1.82) is 0 Å². The molecule has 2 aromatic rings. The molecule has 0 fully saturated rings. The number of carbonyl (C=O) groups excluding carboxylic acids is 1. The van der Waals surface area contributed by atoms with Gasteiger partial charge < -0.3 is 4.74 Å². The van der Waals surface area contributed by atoms with Crippen LogP contribution in [0.2, 0.25) is 0 Å². The summed E-state index contributed by atoms with van der Waals surface area (Å²) in [5, 5.41) is 6.80. The van der Waals surface area contributed by atoms with Crippen molar-refractivity contribution in [3.05, 3.63) is 28.5 Å². The molecular weight excluding hydrogens is 288 g/mol. The van der Waals surface area contributed by atoms with E-state index in [4.69, 9.17) is 4.74 Å². The first-order valence-corrected chi connectivity index (χ1v) is 7.32. The van der Waals surface area contributed by atoms with Gasteiger partial charge in [0.15, 0.2) is 6.61 Å². The Bertz CT molecular complexity index is 666. The highest BCUT2D eigenvalue weighted by Gasteiger charge is 2.06. The van der Waals surface area contributed by atoms with Crippen LogP contribution < -0.4 is 5.32 Å². The van der Waals surface area contributed by atoms with E-state index in [0.717, 1.165) is 18.7 Å². The summed E-state index contributed by atoms with van der Waals surface area (Å²) in [7, 11) is 0.